The summed E-state index contributed by atoms with van der Waals surface area (Å²) in [6, 6.07) is 5.86. The van der Waals surface area contributed by atoms with Crippen LogP contribution in [-0.4, -0.2) is 36.6 Å². The maximum atomic E-state index is 3.93. The van der Waals surface area contributed by atoms with E-state index in [1.54, 1.807) is 4.88 Å². The Morgan fingerprint density at radius 3 is 2.73 bits per heavy atom. The van der Waals surface area contributed by atoms with Gasteiger partial charge in [0.1, 0.15) is 0 Å². The minimum absolute atomic E-state index is 0.654. The Hall–Kier alpha value is -0.380. The highest BCUT2D eigenvalue weighted by atomic mass is 32.1. The predicted octanol–water partition coefficient (Wildman–Crippen LogP) is 4.48. The van der Waals surface area contributed by atoms with Gasteiger partial charge in [-0.25, -0.2) is 0 Å². The van der Waals surface area contributed by atoms with E-state index < -0.39 is 0 Å². The summed E-state index contributed by atoms with van der Waals surface area (Å²) in [5, 5.41) is 6.16. The van der Waals surface area contributed by atoms with Crippen LogP contribution in [0.3, 0.4) is 0 Å². The first-order chi connectivity index (χ1) is 10.7. The van der Waals surface area contributed by atoms with Crippen molar-refractivity contribution in [2.45, 2.75) is 70.4 Å². The molecule has 1 aliphatic carbocycles. The third-order valence-electron chi connectivity index (χ3n) is 5.57. The van der Waals surface area contributed by atoms with Crippen molar-refractivity contribution in [2.24, 2.45) is 5.92 Å². The third-order valence-corrected chi connectivity index (χ3v) is 6.61. The molecule has 124 valence electrons. The number of hydrogen-bond donors (Lipinski definition) is 1. The zero-order valence-corrected chi connectivity index (χ0v) is 15.1. The van der Waals surface area contributed by atoms with Gasteiger partial charge in [0, 0.05) is 36.0 Å². The molecule has 0 aromatic carbocycles. The van der Waals surface area contributed by atoms with Crippen LogP contribution in [0.1, 0.15) is 63.2 Å². The first kappa shape index (κ1) is 16.5. The molecule has 1 saturated heterocycles. The van der Waals surface area contributed by atoms with Crippen molar-refractivity contribution < 1.29 is 0 Å². The topological polar surface area (TPSA) is 15.3 Å². The number of nitrogens with one attached hydrogen (secondary N) is 1. The number of piperidine rings is 1. The van der Waals surface area contributed by atoms with Crippen LogP contribution >= 0.6 is 11.3 Å². The molecule has 3 rings (SSSR count). The van der Waals surface area contributed by atoms with Crippen molar-refractivity contribution in [3.8, 4) is 0 Å². The van der Waals surface area contributed by atoms with E-state index in [0.717, 1.165) is 11.8 Å². The van der Waals surface area contributed by atoms with Gasteiger partial charge in [-0.05, 0) is 57.0 Å². The van der Waals surface area contributed by atoms with Gasteiger partial charge in [0.05, 0.1) is 0 Å². The van der Waals surface area contributed by atoms with E-state index in [2.05, 4.69) is 41.6 Å². The van der Waals surface area contributed by atoms with Crippen molar-refractivity contribution in [3.63, 3.8) is 0 Å². The molecular weight excluding hydrogens is 288 g/mol. The summed E-state index contributed by atoms with van der Waals surface area (Å²) >= 11 is 1.94. The SMILES string of the molecule is CC(C)N1CC(NCC2CCCCC2)CC(c2cccs2)C1. The summed E-state index contributed by atoms with van der Waals surface area (Å²) < 4.78 is 0. The van der Waals surface area contributed by atoms with Crippen LogP contribution < -0.4 is 5.32 Å². The zero-order valence-electron chi connectivity index (χ0n) is 14.3. The summed E-state index contributed by atoms with van der Waals surface area (Å²) in [6.45, 7) is 8.39. The molecule has 3 heteroatoms. The van der Waals surface area contributed by atoms with E-state index in [9.17, 15) is 0 Å². The quantitative estimate of drug-likeness (QED) is 0.860. The molecule has 2 heterocycles. The van der Waals surface area contributed by atoms with Crippen LogP contribution in [0.15, 0.2) is 17.5 Å². The average Bonchev–Trinajstić information content (AvgIpc) is 3.08. The van der Waals surface area contributed by atoms with E-state index in [4.69, 9.17) is 0 Å². The second-order valence-corrected chi connectivity index (χ2v) is 8.58. The number of likely N-dealkylation sites (tertiary alicyclic amines) is 1. The van der Waals surface area contributed by atoms with Crippen molar-refractivity contribution in [1.29, 1.82) is 0 Å². The lowest BCUT2D eigenvalue weighted by atomic mass is 9.88. The Labute approximate surface area is 140 Å². The van der Waals surface area contributed by atoms with E-state index in [1.165, 1.54) is 58.2 Å². The fourth-order valence-electron chi connectivity index (χ4n) is 4.16. The molecule has 2 atom stereocenters. The maximum Gasteiger partial charge on any atom is 0.0201 e. The Bertz CT molecular complexity index is 423. The van der Waals surface area contributed by atoms with Crippen molar-refractivity contribution in [2.75, 3.05) is 19.6 Å². The van der Waals surface area contributed by atoms with Crippen LogP contribution in [0.4, 0.5) is 0 Å². The number of hydrogen-bond acceptors (Lipinski definition) is 3. The molecular formula is C19H32N2S. The van der Waals surface area contributed by atoms with Gasteiger partial charge in [-0.1, -0.05) is 25.3 Å². The van der Waals surface area contributed by atoms with Gasteiger partial charge in [0.2, 0.25) is 0 Å². The first-order valence-corrected chi connectivity index (χ1v) is 10.1. The second-order valence-electron chi connectivity index (χ2n) is 7.60. The molecule has 0 radical (unpaired) electrons. The third kappa shape index (κ3) is 4.33. The van der Waals surface area contributed by atoms with Crippen LogP contribution in [-0.2, 0) is 0 Å². The van der Waals surface area contributed by atoms with Crippen molar-refractivity contribution >= 4 is 11.3 Å². The molecule has 2 aliphatic rings. The fourth-order valence-corrected chi connectivity index (χ4v) is 4.99. The van der Waals surface area contributed by atoms with E-state index in [0.29, 0.717) is 12.1 Å². The Morgan fingerprint density at radius 2 is 2.05 bits per heavy atom. The normalized spacial score (nSPS) is 28.3. The van der Waals surface area contributed by atoms with Gasteiger partial charge in [0.25, 0.3) is 0 Å². The fraction of sp³-hybridized carbons (Fsp3) is 0.789. The molecule has 0 bridgehead atoms. The molecule has 2 unspecified atom stereocenters. The molecule has 0 amide bonds. The molecule has 22 heavy (non-hydrogen) atoms. The van der Waals surface area contributed by atoms with Gasteiger partial charge in [-0.15, -0.1) is 11.3 Å². The number of rotatable bonds is 5. The minimum atomic E-state index is 0.654. The molecule has 2 nitrogen and oxygen atoms in total. The molecule has 0 spiro atoms. The smallest absolute Gasteiger partial charge is 0.0201 e. The lowest BCUT2D eigenvalue weighted by Gasteiger charge is -2.40. The standard InChI is InChI=1S/C19H32N2S/c1-15(2)21-13-17(19-9-6-10-22-19)11-18(14-21)20-12-16-7-4-3-5-8-16/h6,9-10,15-18,20H,3-5,7-8,11-14H2,1-2H3. The minimum Gasteiger partial charge on any atom is -0.312 e. The first-order valence-electron chi connectivity index (χ1n) is 9.23. The molecule has 2 fully saturated rings. The van der Waals surface area contributed by atoms with E-state index >= 15 is 0 Å². The molecule has 1 aliphatic heterocycles. The summed E-state index contributed by atoms with van der Waals surface area (Å²) in [5.41, 5.74) is 0. The van der Waals surface area contributed by atoms with Gasteiger partial charge in [0.15, 0.2) is 0 Å². The summed E-state index contributed by atoms with van der Waals surface area (Å²) in [5.74, 6) is 1.66. The Balaban J connectivity index is 1.57. The average molecular weight is 321 g/mol. The highest BCUT2D eigenvalue weighted by Crippen LogP contribution is 2.31. The van der Waals surface area contributed by atoms with Gasteiger partial charge in [-0.3, -0.25) is 4.90 Å². The van der Waals surface area contributed by atoms with Gasteiger partial charge in [-0.2, -0.15) is 0 Å². The van der Waals surface area contributed by atoms with Crippen LogP contribution in [0.5, 0.6) is 0 Å². The predicted molar refractivity (Wildman–Crippen MR) is 96.8 cm³/mol. The highest BCUT2D eigenvalue weighted by Gasteiger charge is 2.30. The number of nitrogens with zero attached hydrogens (tertiary/aromatic N) is 1. The van der Waals surface area contributed by atoms with Crippen LogP contribution in [0.25, 0.3) is 0 Å². The molecule has 1 aromatic rings. The molecule has 1 N–H and O–H groups in total. The second kappa shape index (κ2) is 7.94. The van der Waals surface area contributed by atoms with Gasteiger partial charge < -0.3 is 5.32 Å². The summed E-state index contributed by atoms with van der Waals surface area (Å²) in [4.78, 5) is 4.25. The van der Waals surface area contributed by atoms with Crippen molar-refractivity contribution in [1.82, 2.24) is 10.2 Å². The largest absolute Gasteiger partial charge is 0.312 e. The monoisotopic (exact) mass is 320 g/mol. The summed E-state index contributed by atoms with van der Waals surface area (Å²) in [7, 11) is 0. The number of thiophene rings is 1. The van der Waals surface area contributed by atoms with Crippen LogP contribution in [0, 0.1) is 5.92 Å². The maximum absolute atomic E-state index is 3.93. The Kier molecular flexibility index (Phi) is 5.95. The molecule has 1 saturated carbocycles. The zero-order chi connectivity index (χ0) is 15.4. The lowest BCUT2D eigenvalue weighted by molar-refractivity contribution is 0.135. The van der Waals surface area contributed by atoms with E-state index in [1.807, 2.05) is 11.3 Å². The Morgan fingerprint density at radius 1 is 1.23 bits per heavy atom. The van der Waals surface area contributed by atoms with Gasteiger partial charge >= 0.3 is 0 Å². The summed E-state index contributed by atoms with van der Waals surface area (Å²) in [6.07, 6.45) is 8.57. The lowest BCUT2D eigenvalue weighted by Crippen LogP contribution is -2.51. The van der Waals surface area contributed by atoms with Crippen molar-refractivity contribution in [3.05, 3.63) is 22.4 Å². The molecule has 1 aromatic heterocycles. The highest BCUT2D eigenvalue weighted by molar-refractivity contribution is 7.10. The van der Waals surface area contributed by atoms with Crippen LogP contribution in [0.2, 0.25) is 0 Å². The van der Waals surface area contributed by atoms with E-state index in [-0.39, 0.29) is 0 Å².